The molecule has 1 atom stereocenters. The molecule has 146 valence electrons. The zero-order valence-electron chi connectivity index (χ0n) is 14.5. The molecule has 1 heterocycles. The Morgan fingerprint density at radius 1 is 1.41 bits per heavy atom. The summed E-state index contributed by atoms with van der Waals surface area (Å²) >= 11 is 0. The molecule has 6 nitrogen and oxygen atoms in total. The highest BCUT2D eigenvalue weighted by Crippen LogP contribution is 2.32. The number of anilines is 1. The van der Waals surface area contributed by atoms with Gasteiger partial charge in [-0.3, -0.25) is 4.79 Å². The number of aromatic nitrogens is 2. The average Bonchev–Trinajstić information content (AvgIpc) is 2.58. The first-order valence-electron chi connectivity index (χ1n) is 8.01. The van der Waals surface area contributed by atoms with Gasteiger partial charge in [-0.2, -0.15) is 13.2 Å². The topological polar surface area (TPSA) is 102 Å². The van der Waals surface area contributed by atoms with E-state index >= 15 is 0 Å². The number of aromatic amines is 1. The molecule has 0 spiro atoms. The lowest BCUT2D eigenvalue weighted by Gasteiger charge is -2.21. The lowest BCUT2D eigenvalue weighted by Crippen LogP contribution is -2.26. The van der Waals surface area contributed by atoms with Gasteiger partial charge in [0.25, 0.3) is 5.56 Å². The minimum absolute atomic E-state index is 0.0355. The quantitative estimate of drug-likeness (QED) is 0.452. The Morgan fingerprint density at radius 2 is 2.07 bits per heavy atom. The molecule has 1 aromatic heterocycles. The van der Waals surface area contributed by atoms with E-state index in [9.17, 15) is 22.4 Å². The van der Waals surface area contributed by atoms with E-state index < -0.39 is 41.5 Å². The Morgan fingerprint density at radius 3 is 2.59 bits per heavy atom. The summed E-state index contributed by atoms with van der Waals surface area (Å²) in [6.07, 6.45) is -4.40. The van der Waals surface area contributed by atoms with E-state index in [1.165, 1.54) is 6.92 Å². The van der Waals surface area contributed by atoms with Crippen molar-refractivity contribution in [3.63, 3.8) is 0 Å². The minimum atomic E-state index is -4.66. The molecule has 0 aliphatic heterocycles. The molecule has 0 bridgehead atoms. The Hall–Kier alpha value is -2.75. The smallest absolute Gasteiger partial charge is 0.390 e. The Bertz CT molecular complexity index is 909. The summed E-state index contributed by atoms with van der Waals surface area (Å²) in [5.74, 6) is -0.884. The highest BCUT2D eigenvalue weighted by atomic mass is 19.4. The molecule has 0 aliphatic rings. The second-order valence-corrected chi connectivity index (χ2v) is 5.85. The van der Waals surface area contributed by atoms with Gasteiger partial charge in [0.1, 0.15) is 23.0 Å². The van der Waals surface area contributed by atoms with Crippen LogP contribution in [0.4, 0.5) is 23.4 Å². The van der Waals surface area contributed by atoms with Crippen molar-refractivity contribution in [2.75, 3.05) is 11.9 Å². The molecular weight excluding hydrogens is 368 g/mol. The fourth-order valence-electron chi connectivity index (χ4n) is 2.60. The maximum atomic E-state index is 14.3. The number of hydrogen-bond acceptors (Lipinski definition) is 5. The van der Waals surface area contributed by atoms with Gasteiger partial charge in [0.15, 0.2) is 0 Å². The van der Waals surface area contributed by atoms with Gasteiger partial charge in [0, 0.05) is 5.56 Å². The van der Waals surface area contributed by atoms with E-state index in [2.05, 4.69) is 15.3 Å². The van der Waals surface area contributed by atoms with Gasteiger partial charge in [-0.1, -0.05) is 13.0 Å². The van der Waals surface area contributed by atoms with Crippen LogP contribution in [-0.4, -0.2) is 27.4 Å². The van der Waals surface area contributed by atoms with Gasteiger partial charge >= 0.3 is 6.18 Å². The number of benzene rings is 1. The standard InChI is InChI=1S/C17H18F4N4O2/c1-3-13(10-5-4-9(6-11(10)18)17(19,20)21)25-15-14(12(22)7-26)16(27)24-8(2)23-15/h4-6,13,22,26H,3,7H2,1-2H3,(H2,23,24,25,27). The number of rotatable bonds is 6. The summed E-state index contributed by atoms with van der Waals surface area (Å²) in [5.41, 5.74) is -2.41. The first-order chi connectivity index (χ1) is 12.6. The maximum absolute atomic E-state index is 14.3. The minimum Gasteiger partial charge on any atom is -0.390 e. The largest absolute Gasteiger partial charge is 0.416 e. The number of aliphatic hydroxyl groups is 1. The van der Waals surface area contributed by atoms with Gasteiger partial charge in [0.05, 0.1) is 23.9 Å². The zero-order chi connectivity index (χ0) is 20.4. The van der Waals surface area contributed by atoms with Crippen molar-refractivity contribution < 1.29 is 22.7 Å². The van der Waals surface area contributed by atoms with Gasteiger partial charge < -0.3 is 20.8 Å². The van der Waals surface area contributed by atoms with E-state index in [0.717, 1.165) is 12.1 Å². The van der Waals surface area contributed by atoms with Gasteiger partial charge in [-0.05, 0) is 25.5 Å². The molecule has 2 aromatic rings. The van der Waals surface area contributed by atoms with Crippen molar-refractivity contribution in [1.29, 1.82) is 5.41 Å². The number of nitrogens with zero attached hydrogens (tertiary/aromatic N) is 1. The second-order valence-electron chi connectivity index (χ2n) is 5.85. The summed E-state index contributed by atoms with van der Waals surface area (Å²) in [6.45, 7) is 2.46. The number of aliphatic hydroxyl groups excluding tert-OH is 1. The molecular formula is C17H18F4N4O2. The van der Waals surface area contributed by atoms with Crippen molar-refractivity contribution in [3.8, 4) is 0 Å². The normalized spacial score (nSPS) is 12.7. The third-order valence-corrected chi connectivity index (χ3v) is 3.92. The molecule has 0 amide bonds. The number of halogens is 4. The van der Waals surface area contributed by atoms with E-state index in [-0.39, 0.29) is 29.2 Å². The number of aryl methyl sites for hydroxylation is 1. The van der Waals surface area contributed by atoms with Crippen LogP contribution in [0.5, 0.6) is 0 Å². The van der Waals surface area contributed by atoms with E-state index in [4.69, 9.17) is 10.5 Å². The van der Waals surface area contributed by atoms with Crippen molar-refractivity contribution in [2.45, 2.75) is 32.5 Å². The molecule has 1 unspecified atom stereocenters. The van der Waals surface area contributed by atoms with Crippen LogP contribution in [0.1, 0.15) is 41.9 Å². The molecule has 0 saturated carbocycles. The third-order valence-electron chi connectivity index (χ3n) is 3.92. The predicted molar refractivity (Wildman–Crippen MR) is 91.6 cm³/mol. The zero-order valence-corrected chi connectivity index (χ0v) is 14.5. The SMILES string of the molecule is CCC(Nc1nc(C)[nH]c(=O)c1C(=N)CO)c1ccc(C(F)(F)F)cc1F. The van der Waals surface area contributed by atoms with Crippen LogP contribution in [0.25, 0.3) is 0 Å². The van der Waals surface area contributed by atoms with Crippen LogP contribution in [-0.2, 0) is 6.18 Å². The monoisotopic (exact) mass is 386 g/mol. The van der Waals surface area contributed by atoms with Crippen LogP contribution < -0.4 is 10.9 Å². The van der Waals surface area contributed by atoms with E-state index in [1.807, 2.05) is 0 Å². The summed E-state index contributed by atoms with van der Waals surface area (Å²) in [6, 6.07) is 1.41. The number of nitrogens with one attached hydrogen (secondary N) is 3. The van der Waals surface area contributed by atoms with Crippen LogP contribution in [0.15, 0.2) is 23.0 Å². The molecule has 0 saturated heterocycles. The van der Waals surface area contributed by atoms with Crippen LogP contribution >= 0.6 is 0 Å². The molecule has 0 fully saturated rings. The summed E-state index contributed by atoms with van der Waals surface area (Å²) < 4.78 is 52.5. The summed E-state index contributed by atoms with van der Waals surface area (Å²) in [4.78, 5) is 18.6. The molecule has 2 rings (SSSR count). The maximum Gasteiger partial charge on any atom is 0.416 e. The van der Waals surface area contributed by atoms with E-state index in [1.54, 1.807) is 6.92 Å². The molecule has 0 aliphatic carbocycles. The lowest BCUT2D eigenvalue weighted by atomic mass is 10.0. The second kappa shape index (κ2) is 7.87. The molecule has 4 N–H and O–H groups in total. The summed E-state index contributed by atoms with van der Waals surface area (Å²) in [5, 5.41) is 19.7. The van der Waals surface area contributed by atoms with Gasteiger partial charge in [-0.25, -0.2) is 9.37 Å². The van der Waals surface area contributed by atoms with Gasteiger partial charge in [-0.15, -0.1) is 0 Å². The first-order valence-corrected chi connectivity index (χ1v) is 8.01. The highest BCUT2D eigenvalue weighted by molar-refractivity contribution is 6.02. The van der Waals surface area contributed by atoms with Gasteiger partial charge in [0.2, 0.25) is 0 Å². The van der Waals surface area contributed by atoms with Crippen LogP contribution in [0.2, 0.25) is 0 Å². The van der Waals surface area contributed by atoms with Crippen molar-refractivity contribution >= 4 is 11.5 Å². The Labute approximate surface area is 151 Å². The number of alkyl halides is 3. The Balaban J connectivity index is 2.47. The Kier molecular flexibility index (Phi) is 5.99. The van der Waals surface area contributed by atoms with Crippen LogP contribution in [0, 0.1) is 18.2 Å². The van der Waals surface area contributed by atoms with Crippen molar-refractivity contribution in [3.05, 3.63) is 56.9 Å². The highest BCUT2D eigenvalue weighted by Gasteiger charge is 2.32. The molecule has 27 heavy (non-hydrogen) atoms. The van der Waals surface area contributed by atoms with Crippen molar-refractivity contribution in [2.24, 2.45) is 0 Å². The van der Waals surface area contributed by atoms with Crippen molar-refractivity contribution in [1.82, 2.24) is 9.97 Å². The predicted octanol–water partition coefficient (Wildman–Crippen LogP) is 3.16. The summed E-state index contributed by atoms with van der Waals surface area (Å²) in [7, 11) is 0. The average molecular weight is 386 g/mol. The van der Waals surface area contributed by atoms with E-state index in [0.29, 0.717) is 6.07 Å². The third kappa shape index (κ3) is 4.51. The molecule has 10 heteroatoms. The molecule has 1 aromatic carbocycles. The number of H-pyrrole nitrogens is 1. The molecule has 0 radical (unpaired) electrons. The number of hydrogen-bond donors (Lipinski definition) is 4. The fourth-order valence-corrected chi connectivity index (χ4v) is 2.60. The lowest BCUT2D eigenvalue weighted by molar-refractivity contribution is -0.137. The van der Waals surface area contributed by atoms with Crippen LogP contribution in [0.3, 0.4) is 0 Å². The fraction of sp³-hybridized carbons (Fsp3) is 0.353. The first kappa shape index (κ1) is 20.6.